The molecule has 1 nitrogen and oxygen atoms in total. The highest BCUT2D eigenvalue weighted by Crippen LogP contribution is 2.10. The van der Waals surface area contributed by atoms with Gasteiger partial charge in [-0.05, 0) is 18.4 Å². The molecule has 0 aromatic heterocycles. The quantitative estimate of drug-likeness (QED) is 0.521. The predicted octanol–water partition coefficient (Wildman–Crippen LogP) is 3.70. The smallest absolute Gasteiger partial charge is 0.170 e. The van der Waals surface area contributed by atoms with Crippen LogP contribution in [0.4, 0.5) is 0 Å². The van der Waals surface area contributed by atoms with Crippen LogP contribution in [0.1, 0.15) is 31.7 Å². The van der Waals surface area contributed by atoms with E-state index in [4.69, 9.17) is 0 Å². The summed E-state index contributed by atoms with van der Waals surface area (Å²) in [5.41, 5.74) is 4.57. The van der Waals surface area contributed by atoms with Crippen LogP contribution in [0.3, 0.4) is 0 Å². The van der Waals surface area contributed by atoms with Crippen molar-refractivity contribution >= 4 is 5.78 Å². The van der Waals surface area contributed by atoms with Gasteiger partial charge in [0.2, 0.25) is 0 Å². The van der Waals surface area contributed by atoms with Gasteiger partial charge < -0.3 is 0 Å². The van der Waals surface area contributed by atoms with Crippen molar-refractivity contribution in [2.75, 3.05) is 0 Å². The zero-order valence-corrected chi connectivity index (χ0v) is 9.83. The van der Waals surface area contributed by atoms with Gasteiger partial charge in [0.1, 0.15) is 0 Å². The molecule has 1 rings (SSSR count). The molecule has 0 radical (unpaired) electrons. The molecule has 0 unspecified atom stereocenters. The molecule has 0 heterocycles. The molecule has 0 atom stereocenters. The Bertz CT molecular complexity index is 383. The van der Waals surface area contributed by atoms with Crippen LogP contribution in [-0.2, 0) is 11.2 Å². The monoisotopic (exact) mass is 214 g/mol. The zero-order chi connectivity index (χ0) is 11.8. The van der Waals surface area contributed by atoms with E-state index >= 15 is 0 Å². The second-order valence-corrected chi connectivity index (χ2v) is 3.84. The van der Waals surface area contributed by atoms with Crippen molar-refractivity contribution in [1.82, 2.24) is 0 Å². The lowest BCUT2D eigenvalue weighted by Gasteiger charge is -2.03. The van der Waals surface area contributed by atoms with Crippen molar-refractivity contribution in [3.05, 3.63) is 53.8 Å². The lowest BCUT2D eigenvalue weighted by atomic mass is 10.00. The molecule has 1 heteroatoms. The molecule has 1 aromatic rings. The lowest BCUT2D eigenvalue weighted by Crippen LogP contribution is -2.05. The second-order valence-electron chi connectivity index (χ2n) is 3.84. The Morgan fingerprint density at radius 2 is 2.00 bits per heavy atom. The van der Waals surface area contributed by atoms with Gasteiger partial charge in [0.05, 0.1) is 0 Å². The van der Waals surface area contributed by atoms with Crippen molar-refractivity contribution in [3.8, 4) is 0 Å². The van der Waals surface area contributed by atoms with E-state index < -0.39 is 0 Å². The van der Waals surface area contributed by atoms with Gasteiger partial charge in [-0.15, -0.1) is 5.73 Å². The van der Waals surface area contributed by atoms with Gasteiger partial charge in [0, 0.05) is 12.0 Å². The summed E-state index contributed by atoms with van der Waals surface area (Å²) >= 11 is 0. The normalized spacial score (nSPS) is 9.56. The number of Topliss-reactive ketones (excluding diaryl/α,β-unsaturated/α-hetero) is 1. The summed E-state index contributed by atoms with van der Waals surface area (Å²) in [4.78, 5) is 11.9. The summed E-state index contributed by atoms with van der Waals surface area (Å²) in [6, 6.07) is 9.80. The molecule has 0 aliphatic heterocycles. The third kappa shape index (κ3) is 3.88. The van der Waals surface area contributed by atoms with E-state index in [0.717, 1.165) is 30.4 Å². The first-order valence-electron chi connectivity index (χ1n) is 5.74. The topological polar surface area (TPSA) is 17.1 Å². The summed E-state index contributed by atoms with van der Waals surface area (Å²) in [5.74, 6) is 0.148. The number of ketones is 1. The molecule has 0 fully saturated rings. The maximum Gasteiger partial charge on any atom is 0.170 e. The van der Waals surface area contributed by atoms with Crippen LogP contribution in [0.25, 0.3) is 0 Å². The van der Waals surface area contributed by atoms with E-state index in [1.54, 1.807) is 0 Å². The summed E-state index contributed by atoms with van der Waals surface area (Å²) in [6.07, 6.45) is 3.37. The Labute approximate surface area is 97.5 Å². The van der Waals surface area contributed by atoms with E-state index in [-0.39, 0.29) is 5.78 Å². The Morgan fingerprint density at radius 3 is 2.56 bits per heavy atom. The summed E-state index contributed by atoms with van der Waals surface area (Å²) < 4.78 is 0. The Kier molecular flexibility index (Phi) is 5.31. The van der Waals surface area contributed by atoms with Crippen LogP contribution < -0.4 is 0 Å². The summed E-state index contributed by atoms with van der Waals surface area (Å²) in [6.45, 7) is 5.71. The van der Waals surface area contributed by atoms with Crippen molar-refractivity contribution < 1.29 is 4.79 Å². The minimum atomic E-state index is 0.148. The number of carbonyl (C=O) groups excluding carboxylic acids is 1. The van der Waals surface area contributed by atoms with Gasteiger partial charge in [0.25, 0.3) is 0 Å². The maximum atomic E-state index is 11.9. The molecular weight excluding hydrogens is 196 g/mol. The van der Waals surface area contributed by atoms with Gasteiger partial charge in [-0.2, -0.15) is 0 Å². The van der Waals surface area contributed by atoms with E-state index in [0.29, 0.717) is 6.42 Å². The number of hydrogen-bond acceptors (Lipinski definition) is 1. The number of rotatable bonds is 6. The Hall–Kier alpha value is -1.59. The lowest BCUT2D eigenvalue weighted by molar-refractivity contribution is -0.115. The van der Waals surface area contributed by atoms with E-state index in [2.05, 4.69) is 19.2 Å². The molecule has 1 aromatic carbocycles. The summed E-state index contributed by atoms with van der Waals surface area (Å²) in [7, 11) is 0. The van der Waals surface area contributed by atoms with Crippen molar-refractivity contribution in [2.45, 2.75) is 32.6 Å². The molecule has 84 valence electrons. The SMILES string of the molecule is C=C=C(CCCC)C(=O)Cc1ccccc1. The summed E-state index contributed by atoms with van der Waals surface area (Å²) in [5, 5.41) is 0. The molecule has 0 spiro atoms. The van der Waals surface area contributed by atoms with E-state index in [1.807, 2.05) is 30.3 Å². The van der Waals surface area contributed by atoms with E-state index in [9.17, 15) is 4.79 Å². The molecule has 0 aliphatic rings. The minimum absolute atomic E-state index is 0.148. The van der Waals surface area contributed by atoms with Gasteiger partial charge in [-0.25, -0.2) is 0 Å². The van der Waals surface area contributed by atoms with Gasteiger partial charge >= 0.3 is 0 Å². The average Bonchev–Trinajstić information content (AvgIpc) is 2.31. The molecule has 0 bridgehead atoms. The molecule has 0 aliphatic carbocycles. The van der Waals surface area contributed by atoms with Crippen molar-refractivity contribution in [3.63, 3.8) is 0 Å². The highest BCUT2D eigenvalue weighted by molar-refractivity contribution is 5.96. The van der Waals surface area contributed by atoms with Crippen LogP contribution in [0, 0.1) is 0 Å². The zero-order valence-electron chi connectivity index (χ0n) is 9.83. The first-order chi connectivity index (χ1) is 7.77. The first kappa shape index (κ1) is 12.5. The Morgan fingerprint density at radius 1 is 1.31 bits per heavy atom. The largest absolute Gasteiger partial charge is 0.293 e. The van der Waals surface area contributed by atoms with Crippen molar-refractivity contribution in [2.24, 2.45) is 0 Å². The molecule has 0 saturated heterocycles. The number of unbranched alkanes of at least 4 members (excludes halogenated alkanes) is 1. The molecular formula is C15H18O. The first-order valence-corrected chi connectivity index (χ1v) is 5.74. The predicted molar refractivity (Wildman–Crippen MR) is 67.3 cm³/mol. The van der Waals surface area contributed by atoms with Crippen LogP contribution in [0.5, 0.6) is 0 Å². The number of hydrogen-bond donors (Lipinski definition) is 0. The van der Waals surface area contributed by atoms with E-state index in [1.165, 1.54) is 0 Å². The van der Waals surface area contributed by atoms with Gasteiger partial charge in [0.15, 0.2) is 5.78 Å². The standard InChI is InChI=1S/C15H18O/c1-3-5-11-14(4-2)15(16)12-13-9-7-6-8-10-13/h6-10H,2-3,5,11-12H2,1H3. The fourth-order valence-electron chi connectivity index (χ4n) is 1.57. The highest BCUT2D eigenvalue weighted by Gasteiger charge is 2.08. The van der Waals surface area contributed by atoms with Crippen LogP contribution >= 0.6 is 0 Å². The average molecular weight is 214 g/mol. The Balaban J connectivity index is 2.61. The fourth-order valence-corrected chi connectivity index (χ4v) is 1.57. The highest BCUT2D eigenvalue weighted by atomic mass is 16.1. The number of allylic oxidation sites excluding steroid dienone is 1. The van der Waals surface area contributed by atoms with Crippen LogP contribution in [-0.4, -0.2) is 5.78 Å². The third-order valence-corrected chi connectivity index (χ3v) is 2.54. The van der Waals surface area contributed by atoms with Crippen molar-refractivity contribution in [1.29, 1.82) is 0 Å². The maximum absolute atomic E-state index is 11.9. The second kappa shape index (κ2) is 6.81. The van der Waals surface area contributed by atoms with Gasteiger partial charge in [-0.1, -0.05) is 50.3 Å². The van der Waals surface area contributed by atoms with Crippen LogP contribution in [0.2, 0.25) is 0 Å². The molecule has 16 heavy (non-hydrogen) atoms. The number of benzene rings is 1. The third-order valence-electron chi connectivity index (χ3n) is 2.54. The minimum Gasteiger partial charge on any atom is -0.293 e. The van der Waals surface area contributed by atoms with Gasteiger partial charge in [-0.3, -0.25) is 4.79 Å². The number of carbonyl (C=O) groups is 1. The molecule has 0 saturated carbocycles. The fraction of sp³-hybridized carbons (Fsp3) is 0.333. The molecule has 0 amide bonds. The molecule has 0 N–H and O–H groups in total. The van der Waals surface area contributed by atoms with Crippen LogP contribution in [0.15, 0.2) is 48.2 Å².